The van der Waals surface area contributed by atoms with E-state index in [1.54, 1.807) is 30.3 Å². The summed E-state index contributed by atoms with van der Waals surface area (Å²) in [6, 6.07) is 12.0. The van der Waals surface area contributed by atoms with Crippen LogP contribution in [0.3, 0.4) is 0 Å². The van der Waals surface area contributed by atoms with Crippen molar-refractivity contribution in [1.82, 2.24) is 0 Å². The SMILES string of the molecule is COc1cc(O)c(C(=O)c2ccccc2)cc1C. The molecule has 0 aliphatic carbocycles. The lowest BCUT2D eigenvalue weighted by Gasteiger charge is -2.09. The van der Waals surface area contributed by atoms with Crippen LogP contribution in [0.4, 0.5) is 0 Å². The van der Waals surface area contributed by atoms with E-state index >= 15 is 0 Å². The van der Waals surface area contributed by atoms with Gasteiger partial charge in [0, 0.05) is 11.6 Å². The van der Waals surface area contributed by atoms with Gasteiger partial charge in [0.15, 0.2) is 5.78 Å². The molecule has 92 valence electrons. The Morgan fingerprint density at radius 2 is 1.83 bits per heavy atom. The van der Waals surface area contributed by atoms with Crippen molar-refractivity contribution >= 4 is 5.78 Å². The Morgan fingerprint density at radius 3 is 2.44 bits per heavy atom. The average molecular weight is 242 g/mol. The summed E-state index contributed by atoms with van der Waals surface area (Å²) in [5.41, 5.74) is 1.66. The number of rotatable bonds is 3. The van der Waals surface area contributed by atoms with Gasteiger partial charge in [0.25, 0.3) is 0 Å². The van der Waals surface area contributed by atoms with E-state index in [0.717, 1.165) is 5.56 Å². The number of ketones is 1. The van der Waals surface area contributed by atoms with Crippen LogP contribution in [0.1, 0.15) is 21.5 Å². The number of aromatic hydroxyl groups is 1. The van der Waals surface area contributed by atoms with Crippen LogP contribution >= 0.6 is 0 Å². The standard InChI is InChI=1S/C15H14O3/c1-10-8-12(13(16)9-14(10)18-2)15(17)11-6-4-3-5-7-11/h3-9,16H,1-2H3. The molecule has 0 aliphatic rings. The van der Waals surface area contributed by atoms with Gasteiger partial charge in [-0.3, -0.25) is 4.79 Å². The number of hydrogen-bond donors (Lipinski definition) is 1. The zero-order valence-corrected chi connectivity index (χ0v) is 10.3. The van der Waals surface area contributed by atoms with Gasteiger partial charge in [0.2, 0.25) is 0 Å². The van der Waals surface area contributed by atoms with Gasteiger partial charge in [-0.05, 0) is 18.6 Å². The van der Waals surface area contributed by atoms with Gasteiger partial charge in [-0.25, -0.2) is 0 Å². The summed E-state index contributed by atoms with van der Waals surface area (Å²) in [6.07, 6.45) is 0. The van der Waals surface area contributed by atoms with Gasteiger partial charge in [-0.1, -0.05) is 30.3 Å². The quantitative estimate of drug-likeness (QED) is 0.842. The molecular formula is C15H14O3. The molecule has 0 heterocycles. The molecule has 0 bridgehead atoms. The highest BCUT2D eigenvalue weighted by atomic mass is 16.5. The summed E-state index contributed by atoms with van der Waals surface area (Å²) in [7, 11) is 1.53. The number of phenolic OH excluding ortho intramolecular Hbond substituents is 1. The average Bonchev–Trinajstić information content (AvgIpc) is 2.41. The smallest absolute Gasteiger partial charge is 0.196 e. The van der Waals surface area contributed by atoms with E-state index in [-0.39, 0.29) is 11.5 Å². The van der Waals surface area contributed by atoms with E-state index in [0.29, 0.717) is 16.9 Å². The monoisotopic (exact) mass is 242 g/mol. The van der Waals surface area contributed by atoms with Crippen LogP contribution in [0, 0.1) is 6.92 Å². The Hall–Kier alpha value is -2.29. The summed E-state index contributed by atoms with van der Waals surface area (Å²) < 4.78 is 5.09. The molecule has 1 N–H and O–H groups in total. The third-order valence-corrected chi connectivity index (χ3v) is 2.79. The van der Waals surface area contributed by atoms with Crippen LogP contribution in [-0.2, 0) is 0 Å². The Kier molecular flexibility index (Phi) is 3.33. The second-order valence-corrected chi connectivity index (χ2v) is 4.03. The van der Waals surface area contributed by atoms with E-state index in [1.165, 1.54) is 13.2 Å². The molecule has 0 amide bonds. The molecule has 2 rings (SSSR count). The fourth-order valence-electron chi connectivity index (χ4n) is 1.82. The normalized spacial score (nSPS) is 10.1. The maximum absolute atomic E-state index is 12.2. The van der Waals surface area contributed by atoms with Crippen molar-refractivity contribution in [2.75, 3.05) is 7.11 Å². The number of ether oxygens (including phenoxy) is 1. The number of carbonyl (C=O) groups excluding carboxylic acids is 1. The first-order valence-electron chi connectivity index (χ1n) is 5.61. The van der Waals surface area contributed by atoms with Crippen LogP contribution in [0.2, 0.25) is 0 Å². The minimum Gasteiger partial charge on any atom is -0.507 e. The van der Waals surface area contributed by atoms with E-state index in [9.17, 15) is 9.90 Å². The van der Waals surface area contributed by atoms with Crippen LogP contribution < -0.4 is 4.74 Å². The van der Waals surface area contributed by atoms with Crippen LogP contribution in [0.25, 0.3) is 0 Å². The van der Waals surface area contributed by atoms with Crippen molar-refractivity contribution in [2.45, 2.75) is 6.92 Å². The van der Waals surface area contributed by atoms with Gasteiger partial charge in [-0.2, -0.15) is 0 Å². The molecule has 3 nitrogen and oxygen atoms in total. The highest BCUT2D eigenvalue weighted by molar-refractivity contribution is 6.10. The summed E-state index contributed by atoms with van der Waals surface area (Å²) >= 11 is 0. The second-order valence-electron chi connectivity index (χ2n) is 4.03. The Balaban J connectivity index is 2.46. The molecule has 0 radical (unpaired) electrons. The molecule has 0 unspecified atom stereocenters. The zero-order chi connectivity index (χ0) is 13.1. The maximum Gasteiger partial charge on any atom is 0.196 e. The minimum atomic E-state index is -0.196. The lowest BCUT2D eigenvalue weighted by Crippen LogP contribution is -2.02. The number of methoxy groups -OCH3 is 1. The fraction of sp³-hybridized carbons (Fsp3) is 0.133. The Morgan fingerprint density at radius 1 is 1.17 bits per heavy atom. The number of aryl methyl sites for hydroxylation is 1. The van der Waals surface area contributed by atoms with Crippen molar-refractivity contribution in [3.63, 3.8) is 0 Å². The predicted molar refractivity (Wildman–Crippen MR) is 69.3 cm³/mol. The van der Waals surface area contributed by atoms with Crippen LogP contribution in [0.5, 0.6) is 11.5 Å². The summed E-state index contributed by atoms with van der Waals surface area (Å²) in [5, 5.41) is 9.88. The first kappa shape index (κ1) is 12.2. The molecule has 0 aromatic heterocycles. The second kappa shape index (κ2) is 4.92. The Bertz CT molecular complexity index is 574. The lowest BCUT2D eigenvalue weighted by molar-refractivity contribution is 0.103. The molecule has 0 spiro atoms. The van der Waals surface area contributed by atoms with Crippen LogP contribution in [-0.4, -0.2) is 18.0 Å². The van der Waals surface area contributed by atoms with E-state index < -0.39 is 0 Å². The first-order valence-corrected chi connectivity index (χ1v) is 5.61. The number of carbonyl (C=O) groups is 1. The number of benzene rings is 2. The predicted octanol–water partition coefficient (Wildman–Crippen LogP) is 2.94. The third kappa shape index (κ3) is 2.20. The van der Waals surface area contributed by atoms with E-state index in [4.69, 9.17) is 4.74 Å². The fourth-order valence-corrected chi connectivity index (χ4v) is 1.82. The van der Waals surface area contributed by atoms with Gasteiger partial charge in [0.05, 0.1) is 12.7 Å². The molecule has 2 aromatic rings. The molecule has 0 aliphatic heterocycles. The minimum absolute atomic E-state index is 0.0636. The zero-order valence-electron chi connectivity index (χ0n) is 10.3. The summed E-state index contributed by atoms with van der Waals surface area (Å²) in [5.74, 6) is 0.308. The summed E-state index contributed by atoms with van der Waals surface area (Å²) in [4.78, 5) is 12.2. The van der Waals surface area contributed by atoms with E-state index in [2.05, 4.69) is 0 Å². The number of hydrogen-bond acceptors (Lipinski definition) is 3. The summed E-state index contributed by atoms with van der Waals surface area (Å²) in [6.45, 7) is 1.83. The first-order chi connectivity index (χ1) is 8.63. The van der Waals surface area contributed by atoms with Crippen molar-refractivity contribution in [3.8, 4) is 11.5 Å². The largest absolute Gasteiger partial charge is 0.507 e. The van der Waals surface area contributed by atoms with Crippen molar-refractivity contribution < 1.29 is 14.6 Å². The van der Waals surface area contributed by atoms with Crippen molar-refractivity contribution in [3.05, 3.63) is 59.2 Å². The molecule has 18 heavy (non-hydrogen) atoms. The lowest BCUT2D eigenvalue weighted by atomic mass is 10.0. The van der Waals surface area contributed by atoms with E-state index in [1.807, 2.05) is 13.0 Å². The number of phenols is 1. The molecule has 0 saturated heterocycles. The van der Waals surface area contributed by atoms with Gasteiger partial charge in [0.1, 0.15) is 11.5 Å². The molecule has 0 saturated carbocycles. The highest BCUT2D eigenvalue weighted by Crippen LogP contribution is 2.29. The van der Waals surface area contributed by atoms with Gasteiger partial charge < -0.3 is 9.84 Å². The molecule has 0 atom stereocenters. The van der Waals surface area contributed by atoms with Gasteiger partial charge >= 0.3 is 0 Å². The third-order valence-electron chi connectivity index (χ3n) is 2.79. The molecule has 0 fully saturated rings. The van der Waals surface area contributed by atoms with Crippen molar-refractivity contribution in [2.24, 2.45) is 0 Å². The molecule has 2 aromatic carbocycles. The highest BCUT2D eigenvalue weighted by Gasteiger charge is 2.15. The molecular weight excluding hydrogens is 228 g/mol. The van der Waals surface area contributed by atoms with Crippen LogP contribution in [0.15, 0.2) is 42.5 Å². The molecule has 3 heteroatoms. The maximum atomic E-state index is 12.2. The van der Waals surface area contributed by atoms with Crippen molar-refractivity contribution in [1.29, 1.82) is 0 Å². The topological polar surface area (TPSA) is 46.5 Å². The Labute approximate surface area is 106 Å². The van der Waals surface area contributed by atoms with Gasteiger partial charge in [-0.15, -0.1) is 0 Å².